The molecule has 1 aromatic carbocycles. The van der Waals surface area contributed by atoms with Gasteiger partial charge in [0.05, 0.1) is 22.6 Å². The number of nitrogens with zero attached hydrogens (tertiary/aromatic N) is 2. The van der Waals surface area contributed by atoms with E-state index < -0.39 is 0 Å². The Morgan fingerprint density at radius 1 is 1.25 bits per heavy atom. The van der Waals surface area contributed by atoms with Crippen LogP contribution in [-0.4, -0.2) is 21.8 Å². The molecule has 2 aliphatic carbocycles. The first-order valence-corrected chi connectivity index (χ1v) is 7.22. The van der Waals surface area contributed by atoms with Gasteiger partial charge in [-0.3, -0.25) is 14.9 Å². The van der Waals surface area contributed by atoms with Crippen LogP contribution in [-0.2, 0) is 6.54 Å². The van der Waals surface area contributed by atoms with Crippen molar-refractivity contribution in [3.05, 3.63) is 39.4 Å². The summed E-state index contributed by atoms with van der Waals surface area (Å²) in [5, 5.41) is 11.1. The van der Waals surface area contributed by atoms with Crippen molar-refractivity contribution in [1.82, 2.24) is 4.90 Å². The predicted octanol–water partition coefficient (Wildman–Crippen LogP) is 2.74. The minimum atomic E-state index is -0.379. The fourth-order valence-electron chi connectivity index (χ4n) is 4.37. The van der Waals surface area contributed by atoms with Gasteiger partial charge in [-0.1, -0.05) is 12.5 Å². The second-order valence-corrected chi connectivity index (χ2v) is 6.24. The molecule has 20 heavy (non-hydrogen) atoms. The lowest BCUT2D eigenvalue weighted by Gasteiger charge is -2.31. The van der Waals surface area contributed by atoms with Crippen molar-refractivity contribution >= 4 is 11.6 Å². The molecular formula is C15H16N2O3. The number of hydrogen-bond donors (Lipinski definition) is 0. The number of benzene rings is 1. The lowest BCUT2D eigenvalue weighted by molar-refractivity contribution is -0.385. The summed E-state index contributed by atoms with van der Waals surface area (Å²) in [7, 11) is 0. The molecule has 2 saturated carbocycles. The Balaban J connectivity index is 1.69. The summed E-state index contributed by atoms with van der Waals surface area (Å²) >= 11 is 0. The molecule has 4 rings (SSSR count). The van der Waals surface area contributed by atoms with Crippen LogP contribution in [0.15, 0.2) is 18.2 Å². The quantitative estimate of drug-likeness (QED) is 0.614. The molecular weight excluding hydrogens is 256 g/mol. The molecule has 1 amide bonds. The second-order valence-electron chi connectivity index (χ2n) is 6.24. The Hall–Kier alpha value is -1.91. The first-order chi connectivity index (χ1) is 9.65. The highest BCUT2D eigenvalue weighted by atomic mass is 16.6. The first-order valence-electron chi connectivity index (χ1n) is 7.22. The Morgan fingerprint density at radius 3 is 2.75 bits per heavy atom. The van der Waals surface area contributed by atoms with Crippen molar-refractivity contribution in [2.45, 2.75) is 38.3 Å². The lowest BCUT2D eigenvalue weighted by Crippen LogP contribution is -2.39. The SMILES string of the molecule is O=C1c2cccc([N+](=O)[O-])c2CN1[C@@H]1C[C@H]2CC[C@@H]1C2. The number of carbonyl (C=O) groups excluding carboxylic acids is 1. The van der Waals surface area contributed by atoms with Gasteiger partial charge in [0.25, 0.3) is 11.6 Å². The molecule has 104 valence electrons. The van der Waals surface area contributed by atoms with E-state index in [1.165, 1.54) is 25.3 Å². The van der Waals surface area contributed by atoms with E-state index in [-0.39, 0.29) is 16.5 Å². The molecule has 2 bridgehead atoms. The molecule has 0 spiro atoms. The highest BCUT2D eigenvalue weighted by Crippen LogP contribution is 2.48. The minimum Gasteiger partial charge on any atom is -0.331 e. The summed E-state index contributed by atoms with van der Waals surface area (Å²) in [6.45, 7) is 0.416. The van der Waals surface area contributed by atoms with Crippen molar-refractivity contribution < 1.29 is 9.72 Å². The van der Waals surface area contributed by atoms with Gasteiger partial charge in [0.15, 0.2) is 0 Å². The Bertz CT molecular complexity index is 613. The van der Waals surface area contributed by atoms with E-state index >= 15 is 0 Å². The van der Waals surface area contributed by atoms with Gasteiger partial charge in [0.1, 0.15) is 0 Å². The fourth-order valence-corrected chi connectivity index (χ4v) is 4.37. The third-order valence-electron chi connectivity index (χ3n) is 5.27. The third kappa shape index (κ3) is 1.52. The predicted molar refractivity (Wildman–Crippen MR) is 72.2 cm³/mol. The summed E-state index contributed by atoms with van der Waals surface area (Å²) < 4.78 is 0. The summed E-state index contributed by atoms with van der Waals surface area (Å²) in [6.07, 6.45) is 4.80. The number of nitro benzene ring substituents is 1. The van der Waals surface area contributed by atoms with Crippen LogP contribution in [0.4, 0.5) is 5.69 Å². The van der Waals surface area contributed by atoms with Crippen molar-refractivity contribution in [1.29, 1.82) is 0 Å². The van der Waals surface area contributed by atoms with Crippen LogP contribution >= 0.6 is 0 Å². The van der Waals surface area contributed by atoms with Crippen LogP contribution in [0.25, 0.3) is 0 Å². The Kier molecular flexibility index (Phi) is 2.40. The second kappa shape index (κ2) is 4.04. The largest absolute Gasteiger partial charge is 0.331 e. The molecule has 3 atom stereocenters. The van der Waals surface area contributed by atoms with Crippen LogP contribution in [0.1, 0.15) is 41.6 Å². The van der Waals surface area contributed by atoms with E-state index in [0.29, 0.717) is 29.6 Å². The average molecular weight is 272 g/mol. The maximum Gasteiger partial charge on any atom is 0.275 e. The Morgan fingerprint density at radius 2 is 2.10 bits per heavy atom. The average Bonchev–Trinajstić information content (AvgIpc) is 3.12. The molecule has 3 aliphatic rings. The summed E-state index contributed by atoms with van der Waals surface area (Å²) in [5.74, 6) is 1.36. The fraction of sp³-hybridized carbons (Fsp3) is 0.533. The number of carbonyl (C=O) groups is 1. The number of fused-ring (bicyclic) bond motifs is 3. The van der Waals surface area contributed by atoms with E-state index in [2.05, 4.69) is 0 Å². The summed E-state index contributed by atoms with van der Waals surface area (Å²) in [6, 6.07) is 5.13. The molecule has 0 radical (unpaired) electrons. The van der Waals surface area contributed by atoms with Crippen molar-refractivity contribution in [2.75, 3.05) is 0 Å². The van der Waals surface area contributed by atoms with Gasteiger partial charge in [-0.15, -0.1) is 0 Å². The van der Waals surface area contributed by atoms with Gasteiger partial charge >= 0.3 is 0 Å². The molecule has 0 aromatic heterocycles. The van der Waals surface area contributed by atoms with Crippen LogP contribution in [0.2, 0.25) is 0 Å². The highest BCUT2D eigenvalue weighted by Gasteiger charge is 2.46. The van der Waals surface area contributed by atoms with Gasteiger partial charge in [0.2, 0.25) is 0 Å². The van der Waals surface area contributed by atoms with Crippen molar-refractivity contribution in [3.8, 4) is 0 Å². The van der Waals surface area contributed by atoms with Crippen LogP contribution < -0.4 is 0 Å². The smallest absolute Gasteiger partial charge is 0.275 e. The molecule has 5 heteroatoms. The van der Waals surface area contributed by atoms with Crippen molar-refractivity contribution in [2.24, 2.45) is 11.8 Å². The number of nitro groups is 1. The zero-order chi connectivity index (χ0) is 13.9. The molecule has 1 aromatic rings. The van der Waals surface area contributed by atoms with Gasteiger partial charge < -0.3 is 4.90 Å². The van der Waals surface area contributed by atoms with E-state index in [1.807, 2.05) is 4.90 Å². The molecule has 5 nitrogen and oxygen atoms in total. The first kappa shape index (κ1) is 11.9. The highest BCUT2D eigenvalue weighted by molar-refractivity contribution is 5.99. The maximum absolute atomic E-state index is 12.5. The third-order valence-corrected chi connectivity index (χ3v) is 5.27. The van der Waals surface area contributed by atoms with E-state index in [1.54, 1.807) is 12.1 Å². The van der Waals surface area contributed by atoms with Crippen molar-refractivity contribution in [3.63, 3.8) is 0 Å². The monoisotopic (exact) mass is 272 g/mol. The minimum absolute atomic E-state index is 0.0127. The zero-order valence-corrected chi connectivity index (χ0v) is 11.1. The molecule has 0 N–H and O–H groups in total. The summed E-state index contributed by atoms with van der Waals surface area (Å²) in [5.41, 5.74) is 1.22. The molecule has 0 unspecified atom stereocenters. The summed E-state index contributed by atoms with van der Waals surface area (Å²) in [4.78, 5) is 25.1. The standard InChI is InChI=1S/C15H16N2O3/c18-15-11-2-1-3-13(17(19)20)12(11)8-16(15)14-7-9-4-5-10(14)6-9/h1-3,9-10,14H,4-8H2/t9-,10+,14+/m0/s1. The number of hydrogen-bond acceptors (Lipinski definition) is 3. The van der Waals surface area contributed by atoms with E-state index in [0.717, 1.165) is 12.3 Å². The maximum atomic E-state index is 12.5. The van der Waals surface area contributed by atoms with E-state index in [9.17, 15) is 14.9 Å². The zero-order valence-electron chi connectivity index (χ0n) is 11.1. The van der Waals surface area contributed by atoms with Gasteiger partial charge in [-0.25, -0.2) is 0 Å². The lowest BCUT2D eigenvalue weighted by atomic mass is 9.94. The normalized spacial score (nSPS) is 30.9. The van der Waals surface area contributed by atoms with Crippen LogP contribution in [0.5, 0.6) is 0 Å². The molecule has 0 saturated heterocycles. The van der Waals surface area contributed by atoms with Gasteiger partial charge in [-0.05, 0) is 37.2 Å². The van der Waals surface area contributed by atoms with E-state index in [4.69, 9.17) is 0 Å². The Labute approximate surface area is 116 Å². The van der Waals surface area contributed by atoms with Gasteiger partial charge in [0, 0.05) is 12.1 Å². The number of rotatable bonds is 2. The number of amides is 1. The molecule has 1 aliphatic heterocycles. The van der Waals surface area contributed by atoms with Crippen LogP contribution in [0.3, 0.4) is 0 Å². The topological polar surface area (TPSA) is 63.4 Å². The van der Waals surface area contributed by atoms with Crippen LogP contribution in [0, 0.1) is 22.0 Å². The molecule has 2 fully saturated rings. The molecule has 1 heterocycles. The van der Waals surface area contributed by atoms with Gasteiger partial charge in [-0.2, -0.15) is 0 Å².